The summed E-state index contributed by atoms with van der Waals surface area (Å²) in [6.07, 6.45) is 2.96. The molecule has 1 aromatic heterocycles. The number of rotatable bonds is 3. The minimum Gasteiger partial charge on any atom is -0.463 e. The van der Waals surface area contributed by atoms with Gasteiger partial charge in [-0.2, -0.15) is 0 Å². The van der Waals surface area contributed by atoms with Gasteiger partial charge >= 0.3 is 5.97 Å². The molecule has 128 valence electrons. The van der Waals surface area contributed by atoms with Crippen LogP contribution >= 0.6 is 11.8 Å². The van der Waals surface area contributed by atoms with Crippen LogP contribution in [-0.4, -0.2) is 24.2 Å². The molecular weight excluding hydrogens is 340 g/mol. The van der Waals surface area contributed by atoms with Crippen LogP contribution in [0.1, 0.15) is 27.2 Å². The molecule has 0 bridgehead atoms. The molecule has 25 heavy (non-hydrogen) atoms. The highest BCUT2D eigenvalue weighted by Crippen LogP contribution is 2.30. The van der Waals surface area contributed by atoms with Crippen LogP contribution < -0.4 is 5.32 Å². The van der Waals surface area contributed by atoms with Gasteiger partial charge in [0, 0.05) is 5.56 Å². The number of amidine groups is 1. The number of aryl methyl sites for hydroxylation is 2. The van der Waals surface area contributed by atoms with E-state index < -0.39 is 5.97 Å². The third kappa shape index (κ3) is 3.66. The standard InChI is InChI=1S/C18H16N2O4S/c1-10-4-5-11(2)13(8-10)19-18-20-16(21)14(25-18)9-12-6-7-24-15(12)17(22)23-3/h4-9H,1-3H3,(H,19,20,21). The van der Waals surface area contributed by atoms with Crippen LogP contribution in [0, 0.1) is 13.8 Å². The van der Waals surface area contributed by atoms with Gasteiger partial charge in [0.2, 0.25) is 5.76 Å². The molecule has 0 unspecified atom stereocenters. The number of carbonyl (C=O) groups is 2. The molecule has 0 spiro atoms. The fraction of sp³-hybridized carbons (Fsp3) is 0.167. The molecule has 0 aliphatic carbocycles. The van der Waals surface area contributed by atoms with Gasteiger partial charge in [-0.3, -0.25) is 4.79 Å². The molecule has 0 radical (unpaired) electrons. The molecule has 1 saturated heterocycles. The van der Waals surface area contributed by atoms with Crippen molar-refractivity contribution < 1.29 is 18.7 Å². The smallest absolute Gasteiger partial charge is 0.374 e. The Balaban J connectivity index is 1.88. The highest BCUT2D eigenvalue weighted by Gasteiger charge is 2.25. The van der Waals surface area contributed by atoms with Gasteiger partial charge in [0.15, 0.2) is 5.17 Å². The van der Waals surface area contributed by atoms with Crippen molar-refractivity contribution in [3.8, 4) is 0 Å². The van der Waals surface area contributed by atoms with Gasteiger partial charge in [-0.25, -0.2) is 9.79 Å². The number of benzene rings is 1. The average Bonchev–Trinajstić information content (AvgIpc) is 3.17. The summed E-state index contributed by atoms with van der Waals surface area (Å²) >= 11 is 1.21. The number of ether oxygens (including phenoxy) is 1. The number of methoxy groups -OCH3 is 1. The number of hydrogen-bond donors (Lipinski definition) is 1. The van der Waals surface area contributed by atoms with Crippen molar-refractivity contribution in [3.63, 3.8) is 0 Å². The van der Waals surface area contributed by atoms with Gasteiger partial charge in [-0.15, -0.1) is 0 Å². The molecule has 7 heteroatoms. The fourth-order valence-electron chi connectivity index (χ4n) is 2.26. The van der Waals surface area contributed by atoms with E-state index in [4.69, 9.17) is 4.42 Å². The maximum Gasteiger partial charge on any atom is 0.374 e. The zero-order valence-corrected chi connectivity index (χ0v) is 14.8. The lowest BCUT2D eigenvalue weighted by Crippen LogP contribution is -2.19. The Morgan fingerprint density at radius 2 is 2.12 bits per heavy atom. The number of aliphatic imine (C=N–C) groups is 1. The van der Waals surface area contributed by atoms with Crippen LogP contribution in [0.4, 0.5) is 5.69 Å². The Labute approximate surface area is 149 Å². The first-order valence-electron chi connectivity index (χ1n) is 7.50. The lowest BCUT2D eigenvalue weighted by atomic mass is 10.1. The van der Waals surface area contributed by atoms with E-state index in [9.17, 15) is 9.59 Å². The molecule has 2 aromatic rings. The second-order valence-electron chi connectivity index (χ2n) is 5.47. The molecule has 6 nitrogen and oxygen atoms in total. The second kappa shape index (κ2) is 6.98. The number of nitrogens with zero attached hydrogens (tertiary/aromatic N) is 1. The third-order valence-electron chi connectivity index (χ3n) is 3.59. The molecule has 2 heterocycles. The Morgan fingerprint density at radius 1 is 1.32 bits per heavy atom. The summed E-state index contributed by atoms with van der Waals surface area (Å²) in [4.78, 5) is 28.8. The third-order valence-corrected chi connectivity index (χ3v) is 4.50. The van der Waals surface area contributed by atoms with Crippen molar-refractivity contribution >= 4 is 40.6 Å². The summed E-state index contributed by atoms with van der Waals surface area (Å²) in [5, 5.41) is 3.23. The first-order valence-corrected chi connectivity index (χ1v) is 8.32. The minimum absolute atomic E-state index is 0.0586. The molecule has 1 fully saturated rings. The van der Waals surface area contributed by atoms with Gasteiger partial charge in [-0.1, -0.05) is 12.1 Å². The van der Waals surface area contributed by atoms with Gasteiger partial charge in [0.25, 0.3) is 5.91 Å². The van der Waals surface area contributed by atoms with E-state index in [-0.39, 0.29) is 11.7 Å². The van der Waals surface area contributed by atoms with Crippen molar-refractivity contribution in [2.75, 3.05) is 7.11 Å². The summed E-state index contributed by atoms with van der Waals surface area (Å²) in [7, 11) is 1.27. The number of nitrogens with one attached hydrogen (secondary N) is 1. The zero-order valence-electron chi connectivity index (χ0n) is 14.0. The molecule has 3 rings (SSSR count). The summed E-state index contributed by atoms with van der Waals surface area (Å²) in [6.45, 7) is 3.95. The van der Waals surface area contributed by atoms with Crippen LogP contribution in [0.25, 0.3) is 6.08 Å². The van der Waals surface area contributed by atoms with E-state index in [1.54, 1.807) is 12.1 Å². The molecule has 1 aromatic carbocycles. The van der Waals surface area contributed by atoms with E-state index >= 15 is 0 Å². The van der Waals surface area contributed by atoms with Gasteiger partial charge in [0.1, 0.15) is 0 Å². The van der Waals surface area contributed by atoms with E-state index in [1.807, 2.05) is 32.0 Å². The number of thioether (sulfide) groups is 1. The normalized spacial score (nSPS) is 17.2. The van der Waals surface area contributed by atoms with Crippen molar-refractivity contribution in [2.24, 2.45) is 4.99 Å². The lowest BCUT2D eigenvalue weighted by Gasteiger charge is -2.02. The molecule has 1 N–H and O–H groups in total. The van der Waals surface area contributed by atoms with Gasteiger partial charge < -0.3 is 14.5 Å². The van der Waals surface area contributed by atoms with Crippen molar-refractivity contribution in [3.05, 3.63) is 57.9 Å². The molecule has 0 atom stereocenters. The number of furan rings is 1. The number of hydrogen-bond acceptors (Lipinski definition) is 6. The summed E-state index contributed by atoms with van der Waals surface area (Å²) in [6, 6.07) is 7.56. The molecule has 1 aliphatic heterocycles. The van der Waals surface area contributed by atoms with E-state index in [1.165, 1.54) is 25.1 Å². The zero-order chi connectivity index (χ0) is 18.0. The molecule has 1 aliphatic rings. The van der Waals surface area contributed by atoms with Crippen LogP contribution in [0.15, 0.2) is 44.8 Å². The van der Waals surface area contributed by atoms with Gasteiger partial charge in [-0.05, 0) is 54.9 Å². The van der Waals surface area contributed by atoms with E-state index in [0.29, 0.717) is 15.6 Å². The largest absolute Gasteiger partial charge is 0.463 e. The van der Waals surface area contributed by atoms with E-state index in [2.05, 4.69) is 15.0 Å². The van der Waals surface area contributed by atoms with Crippen LogP contribution in [0.2, 0.25) is 0 Å². The summed E-state index contributed by atoms with van der Waals surface area (Å²) in [5.41, 5.74) is 3.41. The van der Waals surface area contributed by atoms with Gasteiger partial charge in [0.05, 0.1) is 24.0 Å². The van der Waals surface area contributed by atoms with Crippen LogP contribution in [0.5, 0.6) is 0 Å². The predicted octanol–water partition coefficient (Wildman–Crippen LogP) is 3.57. The maximum atomic E-state index is 12.2. The van der Waals surface area contributed by atoms with Crippen molar-refractivity contribution in [2.45, 2.75) is 13.8 Å². The van der Waals surface area contributed by atoms with Crippen molar-refractivity contribution in [1.82, 2.24) is 5.32 Å². The fourth-order valence-corrected chi connectivity index (χ4v) is 3.09. The average molecular weight is 356 g/mol. The number of carbonyl (C=O) groups excluding carboxylic acids is 2. The Kier molecular flexibility index (Phi) is 4.76. The number of amides is 1. The minimum atomic E-state index is -0.593. The highest BCUT2D eigenvalue weighted by molar-refractivity contribution is 8.18. The summed E-state index contributed by atoms with van der Waals surface area (Å²) in [5.74, 6) is -0.807. The van der Waals surface area contributed by atoms with E-state index in [0.717, 1.165) is 16.8 Å². The quantitative estimate of drug-likeness (QED) is 0.672. The Morgan fingerprint density at radius 3 is 2.88 bits per heavy atom. The molecular formula is C18H16N2O4S. The topological polar surface area (TPSA) is 80.9 Å². The lowest BCUT2D eigenvalue weighted by molar-refractivity contribution is -0.115. The van der Waals surface area contributed by atoms with Crippen LogP contribution in [0.3, 0.4) is 0 Å². The predicted molar refractivity (Wildman–Crippen MR) is 96.8 cm³/mol. The summed E-state index contributed by atoms with van der Waals surface area (Å²) < 4.78 is 9.78. The Bertz CT molecular complexity index is 912. The molecule has 0 saturated carbocycles. The van der Waals surface area contributed by atoms with Crippen LogP contribution in [-0.2, 0) is 9.53 Å². The SMILES string of the molecule is COC(=O)c1occc1C=C1SC(=Nc2cc(C)ccc2C)NC1=O. The second-order valence-corrected chi connectivity index (χ2v) is 6.50. The maximum absolute atomic E-state index is 12.2. The van der Waals surface area contributed by atoms with Crippen molar-refractivity contribution in [1.29, 1.82) is 0 Å². The first kappa shape index (κ1) is 17.0. The molecule has 1 amide bonds. The Hall–Kier alpha value is -2.80. The highest BCUT2D eigenvalue weighted by atomic mass is 32.2. The first-order chi connectivity index (χ1) is 12.0. The monoisotopic (exact) mass is 356 g/mol. The number of esters is 1.